The first-order chi connectivity index (χ1) is 15.7. The number of para-hydroxylation sites is 1. The van der Waals surface area contributed by atoms with E-state index >= 15 is 0 Å². The highest BCUT2D eigenvalue weighted by atomic mass is 16.5. The van der Waals surface area contributed by atoms with Crippen LogP contribution in [0.25, 0.3) is 10.9 Å². The van der Waals surface area contributed by atoms with Crippen molar-refractivity contribution in [3.8, 4) is 5.75 Å². The quantitative estimate of drug-likeness (QED) is 0.588. The third kappa shape index (κ3) is 5.70. The van der Waals surface area contributed by atoms with Gasteiger partial charge in [-0.25, -0.2) is 4.98 Å². The van der Waals surface area contributed by atoms with E-state index < -0.39 is 0 Å². The Morgan fingerprint density at radius 3 is 2.41 bits per heavy atom. The van der Waals surface area contributed by atoms with Crippen LogP contribution in [0.1, 0.15) is 57.2 Å². The number of rotatable bonds is 9. The maximum Gasteiger partial charge on any atom is 0.261 e. The van der Waals surface area contributed by atoms with Crippen molar-refractivity contribution in [3.05, 3.63) is 34.4 Å². The van der Waals surface area contributed by atoms with Crippen molar-refractivity contribution in [1.29, 1.82) is 0 Å². The second-order valence-corrected chi connectivity index (χ2v) is 9.66. The highest BCUT2D eigenvalue weighted by molar-refractivity contribution is 5.83. The van der Waals surface area contributed by atoms with E-state index in [2.05, 4.69) is 14.8 Å². The van der Waals surface area contributed by atoms with Crippen molar-refractivity contribution >= 4 is 10.9 Å². The lowest BCUT2D eigenvalue weighted by atomic mass is 9.92. The fourth-order valence-corrected chi connectivity index (χ4v) is 5.49. The summed E-state index contributed by atoms with van der Waals surface area (Å²) >= 11 is 0. The van der Waals surface area contributed by atoms with Gasteiger partial charge in [-0.05, 0) is 109 Å². The smallest absolute Gasteiger partial charge is 0.261 e. The second kappa shape index (κ2) is 11.3. The second-order valence-electron chi connectivity index (χ2n) is 9.66. The lowest BCUT2D eigenvalue weighted by Gasteiger charge is -2.33. The van der Waals surface area contributed by atoms with Gasteiger partial charge >= 0.3 is 0 Å². The molecule has 2 saturated heterocycles. The van der Waals surface area contributed by atoms with Gasteiger partial charge in [0.25, 0.3) is 5.56 Å². The van der Waals surface area contributed by atoms with E-state index in [-0.39, 0.29) is 5.56 Å². The predicted molar refractivity (Wildman–Crippen MR) is 131 cm³/mol. The maximum atomic E-state index is 13.0. The molecule has 1 aromatic carbocycles. The first kappa shape index (κ1) is 23.2. The normalized spacial score (nSPS) is 18.9. The van der Waals surface area contributed by atoms with Crippen molar-refractivity contribution in [1.82, 2.24) is 19.4 Å². The fraction of sp³-hybridized carbons (Fsp3) is 0.692. The van der Waals surface area contributed by atoms with Crippen LogP contribution in [0.4, 0.5) is 0 Å². The highest BCUT2D eigenvalue weighted by Crippen LogP contribution is 2.24. The molecule has 0 radical (unpaired) electrons. The number of piperidine rings is 2. The van der Waals surface area contributed by atoms with Gasteiger partial charge in [0.15, 0.2) is 0 Å². The number of benzene rings is 1. The Bertz CT molecular complexity index is 927. The van der Waals surface area contributed by atoms with Gasteiger partial charge in [-0.1, -0.05) is 12.5 Å². The molecule has 0 unspecified atom stereocenters. The Hall–Kier alpha value is -1.92. The number of likely N-dealkylation sites (tertiary alicyclic amines) is 2. The van der Waals surface area contributed by atoms with E-state index in [1.807, 2.05) is 29.7 Å². The average Bonchev–Trinajstić information content (AvgIpc) is 2.82. The number of aryl methyl sites for hydroxylation is 1. The molecule has 0 atom stereocenters. The number of methoxy groups -OCH3 is 1. The van der Waals surface area contributed by atoms with E-state index in [9.17, 15) is 4.79 Å². The lowest BCUT2D eigenvalue weighted by Crippen LogP contribution is -2.37. The minimum Gasteiger partial charge on any atom is -0.494 e. The van der Waals surface area contributed by atoms with Crippen LogP contribution in [-0.2, 0) is 6.54 Å². The van der Waals surface area contributed by atoms with Crippen molar-refractivity contribution in [2.24, 2.45) is 5.92 Å². The van der Waals surface area contributed by atoms with Crippen LogP contribution in [0.3, 0.4) is 0 Å². The lowest BCUT2D eigenvalue weighted by molar-refractivity contribution is 0.159. The molecule has 2 aliphatic rings. The van der Waals surface area contributed by atoms with Gasteiger partial charge in [0.05, 0.1) is 12.5 Å². The van der Waals surface area contributed by atoms with Crippen LogP contribution in [0.15, 0.2) is 23.0 Å². The zero-order valence-electron chi connectivity index (χ0n) is 20.0. The maximum absolute atomic E-state index is 13.0. The van der Waals surface area contributed by atoms with Gasteiger partial charge < -0.3 is 14.5 Å². The summed E-state index contributed by atoms with van der Waals surface area (Å²) in [5, 5.41) is 0.646. The number of hydrogen-bond donors (Lipinski definition) is 0. The minimum absolute atomic E-state index is 0.0509. The molecule has 0 amide bonds. The van der Waals surface area contributed by atoms with E-state index in [1.54, 1.807) is 7.11 Å². The summed E-state index contributed by atoms with van der Waals surface area (Å²) in [6, 6.07) is 5.58. The van der Waals surface area contributed by atoms with E-state index in [0.29, 0.717) is 16.7 Å². The van der Waals surface area contributed by atoms with Gasteiger partial charge in [-0.2, -0.15) is 0 Å². The van der Waals surface area contributed by atoms with E-state index in [0.717, 1.165) is 24.7 Å². The first-order valence-electron chi connectivity index (χ1n) is 12.6. The molecule has 176 valence electrons. The third-order valence-electron chi connectivity index (χ3n) is 7.46. The van der Waals surface area contributed by atoms with Gasteiger partial charge in [-0.3, -0.25) is 9.36 Å². The molecule has 6 heteroatoms. The molecule has 2 fully saturated rings. The summed E-state index contributed by atoms with van der Waals surface area (Å²) in [5.41, 5.74) is 0.719. The summed E-state index contributed by atoms with van der Waals surface area (Å²) in [4.78, 5) is 23.0. The summed E-state index contributed by atoms with van der Waals surface area (Å²) < 4.78 is 7.23. The van der Waals surface area contributed by atoms with Gasteiger partial charge in [0.1, 0.15) is 17.1 Å². The Labute approximate surface area is 192 Å². The highest BCUT2D eigenvalue weighted by Gasteiger charge is 2.19. The van der Waals surface area contributed by atoms with Crippen LogP contribution in [0.2, 0.25) is 0 Å². The van der Waals surface area contributed by atoms with Crippen molar-refractivity contribution in [3.63, 3.8) is 0 Å². The number of nitrogens with zero attached hydrogens (tertiary/aromatic N) is 4. The molecule has 0 saturated carbocycles. The summed E-state index contributed by atoms with van der Waals surface area (Å²) in [7, 11) is 1.62. The van der Waals surface area contributed by atoms with Gasteiger partial charge in [0, 0.05) is 6.54 Å². The van der Waals surface area contributed by atoms with Crippen LogP contribution < -0.4 is 10.3 Å². The molecule has 3 heterocycles. The Morgan fingerprint density at radius 1 is 0.969 bits per heavy atom. The van der Waals surface area contributed by atoms with Crippen molar-refractivity contribution in [2.75, 3.05) is 46.4 Å². The average molecular weight is 441 g/mol. The zero-order chi connectivity index (χ0) is 22.3. The van der Waals surface area contributed by atoms with Crippen LogP contribution in [-0.4, -0.2) is 65.7 Å². The molecular formula is C26H40N4O2. The molecule has 6 nitrogen and oxygen atoms in total. The minimum atomic E-state index is 0.0509. The molecule has 1 aromatic heterocycles. The van der Waals surface area contributed by atoms with E-state index in [4.69, 9.17) is 4.74 Å². The molecular weight excluding hydrogens is 400 g/mol. The van der Waals surface area contributed by atoms with Gasteiger partial charge in [-0.15, -0.1) is 0 Å². The largest absolute Gasteiger partial charge is 0.494 e. The number of fused-ring (bicyclic) bond motifs is 1. The Balaban J connectivity index is 1.21. The van der Waals surface area contributed by atoms with Gasteiger partial charge in [0.2, 0.25) is 0 Å². The third-order valence-corrected chi connectivity index (χ3v) is 7.46. The topological polar surface area (TPSA) is 50.6 Å². The summed E-state index contributed by atoms with van der Waals surface area (Å²) in [6.45, 7) is 10.3. The Morgan fingerprint density at radius 2 is 1.69 bits per heavy atom. The number of hydrogen-bond acceptors (Lipinski definition) is 5. The van der Waals surface area contributed by atoms with Crippen LogP contribution >= 0.6 is 0 Å². The Kier molecular flexibility index (Phi) is 8.20. The zero-order valence-corrected chi connectivity index (χ0v) is 20.0. The molecule has 2 aliphatic heterocycles. The first-order valence-corrected chi connectivity index (χ1v) is 12.6. The van der Waals surface area contributed by atoms with Crippen LogP contribution in [0.5, 0.6) is 5.75 Å². The molecule has 0 bridgehead atoms. The SMILES string of the molecule is COc1cccc2c(=O)n(CCCC3CCN(CCCN4CCCCC4)CC3)c(C)nc12. The molecule has 32 heavy (non-hydrogen) atoms. The number of ether oxygens (including phenoxy) is 1. The summed E-state index contributed by atoms with van der Waals surface area (Å²) in [5.74, 6) is 2.23. The van der Waals surface area contributed by atoms with Crippen molar-refractivity contribution < 1.29 is 4.74 Å². The summed E-state index contributed by atoms with van der Waals surface area (Å²) in [6.07, 6.45) is 10.3. The van der Waals surface area contributed by atoms with Crippen LogP contribution in [0, 0.1) is 12.8 Å². The number of aromatic nitrogens is 2. The fourth-order valence-electron chi connectivity index (χ4n) is 5.49. The predicted octanol–water partition coefficient (Wildman–Crippen LogP) is 4.08. The molecule has 4 rings (SSSR count). The monoisotopic (exact) mass is 440 g/mol. The molecule has 0 spiro atoms. The van der Waals surface area contributed by atoms with Crippen molar-refractivity contribution in [2.45, 2.75) is 64.8 Å². The molecule has 0 aliphatic carbocycles. The molecule has 2 aromatic rings. The van der Waals surface area contributed by atoms with E-state index in [1.165, 1.54) is 84.2 Å². The standard InChI is InChI=1S/C26H40N4O2/c1-21-27-25-23(10-6-11-24(25)32-2)26(31)30(21)18-7-9-22-12-19-29(20-13-22)17-8-16-28-14-4-3-5-15-28/h6,10-11,22H,3-5,7-9,12-20H2,1-2H3. The molecule has 0 N–H and O–H groups in total.